The van der Waals surface area contributed by atoms with Gasteiger partial charge < -0.3 is 19.5 Å². The summed E-state index contributed by atoms with van der Waals surface area (Å²) in [6.45, 7) is 1.86. The van der Waals surface area contributed by atoms with E-state index in [0.717, 1.165) is 9.87 Å². The van der Waals surface area contributed by atoms with Crippen LogP contribution in [0.15, 0.2) is 77.7 Å². The van der Waals surface area contributed by atoms with Crippen LogP contribution in [0.3, 0.4) is 0 Å². The van der Waals surface area contributed by atoms with Crippen LogP contribution in [0.4, 0.5) is 5.69 Å². The van der Waals surface area contributed by atoms with Gasteiger partial charge in [-0.15, -0.1) is 0 Å². The number of nitrogens with zero attached hydrogens (tertiary/aromatic N) is 1. The minimum Gasteiger partial charge on any atom is -0.497 e. The largest absolute Gasteiger partial charge is 0.497 e. The number of nitrogens with one attached hydrogen (secondary N) is 1. The average molecular weight is 485 g/mol. The van der Waals surface area contributed by atoms with Crippen LogP contribution in [0.1, 0.15) is 5.56 Å². The molecule has 0 atom stereocenters. The molecule has 0 radical (unpaired) electrons. The minimum absolute atomic E-state index is 0.0585. The van der Waals surface area contributed by atoms with E-state index in [9.17, 15) is 13.2 Å². The fourth-order valence-corrected chi connectivity index (χ4v) is 4.61. The number of carbonyl (C=O) groups excluding carboxylic acids is 1. The number of hydrogen-bond acceptors (Lipinski definition) is 6. The molecule has 34 heavy (non-hydrogen) atoms. The van der Waals surface area contributed by atoms with E-state index in [1.54, 1.807) is 24.3 Å². The Hall–Kier alpha value is -3.72. The van der Waals surface area contributed by atoms with Crippen LogP contribution < -0.4 is 23.8 Å². The van der Waals surface area contributed by atoms with Crippen molar-refractivity contribution >= 4 is 21.6 Å². The molecule has 0 saturated carbocycles. The molecule has 1 amide bonds. The van der Waals surface area contributed by atoms with Gasteiger partial charge in [0.05, 0.1) is 31.3 Å². The molecule has 0 unspecified atom stereocenters. The number of benzene rings is 3. The number of carbonyl (C=O) groups is 1. The van der Waals surface area contributed by atoms with Crippen molar-refractivity contribution in [3.8, 4) is 17.2 Å². The molecule has 1 N–H and O–H groups in total. The van der Waals surface area contributed by atoms with Crippen LogP contribution in [0.25, 0.3) is 0 Å². The third-order valence-corrected chi connectivity index (χ3v) is 6.76. The van der Waals surface area contributed by atoms with Crippen LogP contribution in [0, 0.1) is 6.92 Å². The third kappa shape index (κ3) is 6.20. The van der Waals surface area contributed by atoms with Crippen LogP contribution in [-0.2, 0) is 14.8 Å². The predicted molar refractivity (Wildman–Crippen MR) is 130 cm³/mol. The Morgan fingerprint density at radius 1 is 0.912 bits per heavy atom. The topological polar surface area (TPSA) is 94.2 Å². The maximum Gasteiger partial charge on any atom is 0.264 e. The normalized spacial score (nSPS) is 10.9. The number of para-hydroxylation sites is 1. The van der Waals surface area contributed by atoms with Gasteiger partial charge in [-0.05, 0) is 43.3 Å². The van der Waals surface area contributed by atoms with Crippen molar-refractivity contribution in [2.45, 2.75) is 11.8 Å². The Kier molecular flexibility index (Phi) is 8.37. The second-order valence-corrected chi connectivity index (χ2v) is 9.24. The number of ether oxygens (including phenoxy) is 3. The van der Waals surface area contributed by atoms with Gasteiger partial charge in [0.1, 0.15) is 30.4 Å². The van der Waals surface area contributed by atoms with Crippen molar-refractivity contribution < 1.29 is 27.4 Å². The van der Waals surface area contributed by atoms with E-state index in [4.69, 9.17) is 14.2 Å². The first kappa shape index (κ1) is 24.9. The lowest BCUT2D eigenvalue weighted by molar-refractivity contribution is -0.119. The summed E-state index contributed by atoms with van der Waals surface area (Å²) < 4.78 is 44.4. The first-order valence-corrected chi connectivity index (χ1v) is 12.0. The first-order valence-electron chi connectivity index (χ1n) is 10.6. The van der Waals surface area contributed by atoms with E-state index in [1.165, 1.54) is 32.4 Å². The summed E-state index contributed by atoms with van der Waals surface area (Å²) in [4.78, 5) is 12.8. The number of anilines is 1. The van der Waals surface area contributed by atoms with Crippen molar-refractivity contribution in [3.05, 3.63) is 78.4 Å². The summed E-state index contributed by atoms with van der Waals surface area (Å²) in [6, 6.07) is 20.4. The highest BCUT2D eigenvalue weighted by molar-refractivity contribution is 7.92. The number of sulfonamides is 1. The number of amides is 1. The Morgan fingerprint density at radius 2 is 1.62 bits per heavy atom. The molecule has 8 nitrogen and oxygen atoms in total. The number of hydrogen-bond donors (Lipinski definition) is 1. The second-order valence-electron chi connectivity index (χ2n) is 7.37. The Morgan fingerprint density at radius 3 is 2.26 bits per heavy atom. The fraction of sp³-hybridized carbons (Fsp3) is 0.240. The lowest BCUT2D eigenvalue weighted by atomic mass is 10.2. The van der Waals surface area contributed by atoms with Crippen molar-refractivity contribution in [3.63, 3.8) is 0 Å². The highest BCUT2D eigenvalue weighted by atomic mass is 32.2. The summed E-state index contributed by atoms with van der Waals surface area (Å²) in [6.07, 6.45) is 0. The SMILES string of the molecule is COc1ccc(OC)c(N(CC(=O)NCCOc2ccccc2)S(=O)(=O)c2ccc(C)cc2)c1. The van der Waals surface area contributed by atoms with Crippen LogP contribution in [-0.4, -0.2) is 48.2 Å². The fourth-order valence-electron chi connectivity index (χ4n) is 3.19. The molecule has 0 fully saturated rings. The van der Waals surface area contributed by atoms with E-state index in [-0.39, 0.29) is 29.5 Å². The van der Waals surface area contributed by atoms with Crippen molar-refractivity contribution in [1.82, 2.24) is 5.32 Å². The van der Waals surface area contributed by atoms with Gasteiger partial charge in [0, 0.05) is 6.07 Å². The minimum atomic E-state index is -4.09. The highest BCUT2D eigenvalue weighted by Gasteiger charge is 2.30. The molecular formula is C25H28N2O6S. The molecule has 0 aliphatic carbocycles. The van der Waals surface area contributed by atoms with Crippen LogP contribution in [0.5, 0.6) is 17.2 Å². The molecule has 0 heterocycles. The van der Waals surface area contributed by atoms with E-state index in [2.05, 4.69) is 5.32 Å². The third-order valence-electron chi connectivity index (χ3n) is 4.99. The molecular weight excluding hydrogens is 456 g/mol. The molecule has 0 spiro atoms. The van der Waals surface area contributed by atoms with Crippen molar-refractivity contribution in [2.75, 3.05) is 38.2 Å². The molecule has 0 aliphatic heterocycles. The molecule has 180 valence electrons. The Labute approximate surface area is 200 Å². The molecule has 0 bridgehead atoms. The van der Waals surface area contributed by atoms with Gasteiger partial charge in [-0.2, -0.15) is 0 Å². The van der Waals surface area contributed by atoms with Crippen LogP contribution in [0.2, 0.25) is 0 Å². The monoisotopic (exact) mass is 484 g/mol. The lowest BCUT2D eigenvalue weighted by Gasteiger charge is -2.26. The van der Waals surface area contributed by atoms with E-state index < -0.39 is 22.5 Å². The van der Waals surface area contributed by atoms with Crippen LogP contribution >= 0.6 is 0 Å². The van der Waals surface area contributed by atoms with Gasteiger partial charge in [0.25, 0.3) is 10.0 Å². The maximum atomic E-state index is 13.6. The lowest BCUT2D eigenvalue weighted by Crippen LogP contribution is -2.42. The van der Waals surface area contributed by atoms with Gasteiger partial charge >= 0.3 is 0 Å². The van der Waals surface area contributed by atoms with Gasteiger partial charge in [0.2, 0.25) is 5.91 Å². The summed E-state index contributed by atoms with van der Waals surface area (Å²) in [5.74, 6) is 0.909. The summed E-state index contributed by atoms with van der Waals surface area (Å²) >= 11 is 0. The zero-order valence-corrected chi connectivity index (χ0v) is 20.2. The number of rotatable bonds is 11. The number of aryl methyl sites for hydroxylation is 1. The molecule has 0 saturated heterocycles. The molecule has 3 aromatic rings. The van der Waals surface area contributed by atoms with Gasteiger partial charge in [-0.1, -0.05) is 35.9 Å². The summed E-state index contributed by atoms with van der Waals surface area (Å²) in [7, 11) is -1.18. The standard InChI is InChI=1S/C25H28N2O6S/c1-19-9-12-22(13-10-19)34(29,30)27(23-17-21(31-2)11-14-24(23)32-3)18-25(28)26-15-16-33-20-7-5-4-6-8-20/h4-14,17H,15-16,18H2,1-3H3,(H,26,28). The highest BCUT2D eigenvalue weighted by Crippen LogP contribution is 2.35. The zero-order chi connectivity index (χ0) is 24.6. The van der Waals surface area contributed by atoms with E-state index >= 15 is 0 Å². The van der Waals surface area contributed by atoms with E-state index in [1.807, 2.05) is 37.3 Å². The molecule has 3 rings (SSSR count). The molecule has 9 heteroatoms. The average Bonchev–Trinajstić information content (AvgIpc) is 2.85. The summed E-state index contributed by atoms with van der Waals surface area (Å²) in [5.41, 5.74) is 1.11. The molecule has 0 aliphatic rings. The quantitative estimate of drug-likeness (QED) is 0.419. The molecule has 3 aromatic carbocycles. The van der Waals surface area contributed by atoms with E-state index in [0.29, 0.717) is 11.5 Å². The first-order chi connectivity index (χ1) is 16.3. The van der Waals surface area contributed by atoms with Gasteiger partial charge in [-0.3, -0.25) is 9.10 Å². The molecule has 0 aromatic heterocycles. The van der Waals surface area contributed by atoms with Crippen molar-refractivity contribution in [2.24, 2.45) is 0 Å². The predicted octanol–water partition coefficient (Wildman–Crippen LogP) is 3.40. The second kappa shape index (κ2) is 11.4. The zero-order valence-electron chi connectivity index (χ0n) is 19.4. The van der Waals surface area contributed by atoms with Gasteiger partial charge in [0.15, 0.2) is 0 Å². The number of methoxy groups -OCH3 is 2. The Bertz CT molecular complexity index is 1200. The van der Waals surface area contributed by atoms with Crippen molar-refractivity contribution in [1.29, 1.82) is 0 Å². The smallest absolute Gasteiger partial charge is 0.264 e. The Balaban J connectivity index is 1.83. The summed E-state index contributed by atoms with van der Waals surface area (Å²) in [5, 5.41) is 2.71. The maximum absolute atomic E-state index is 13.6. The van der Waals surface area contributed by atoms with Gasteiger partial charge in [-0.25, -0.2) is 8.42 Å².